The fourth-order valence-corrected chi connectivity index (χ4v) is 2.56. The number of rotatable bonds is 4. The summed E-state index contributed by atoms with van der Waals surface area (Å²) >= 11 is 5.37. The topological polar surface area (TPSA) is 41.1 Å². The highest BCUT2D eigenvalue weighted by atomic mass is 32.1. The van der Waals surface area contributed by atoms with E-state index in [4.69, 9.17) is 12.2 Å². The number of hydrogen-bond acceptors (Lipinski definition) is 2. The third-order valence-corrected chi connectivity index (χ3v) is 4.15. The molecule has 0 bridgehead atoms. The van der Waals surface area contributed by atoms with E-state index in [1.807, 2.05) is 12.1 Å². The monoisotopic (exact) mass is 326 g/mol. The summed E-state index contributed by atoms with van der Waals surface area (Å²) in [6.07, 6.45) is 0. The second kappa shape index (κ2) is 7.38. The van der Waals surface area contributed by atoms with E-state index in [9.17, 15) is 4.79 Å². The first-order valence-corrected chi connectivity index (χ1v) is 8.03. The van der Waals surface area contributed by atoms with Crippen LogP contribution in [0.2, 0.25) is 0 Å². The summed E-state index contributed by atoms with van der Waals surface area (Å²) in [6, 6.07) is 13.8. The molecular formula is C19H22N2OS. The zero-order valence-corrected chi connectivity index (χ0v) is 14.8. The lowest BCUT2D eigenvalue weighted by atomic mass is 10.0. The molecule has 0 unspecified atom stereocenters. The van der Waals surface area contributed by atoms with Gasteiger partial charge in [-0.25, -0.2) is 0 Å². The smallest absolute Gasteiger partial charge is 0.171 e. The first-order valence-electron chi connectivity index (χ1n) is 7.62. The lowest BCUT2D eigenvalue weighted by molar-refractivity contribution is 0.101. The van der Waals surface area contributed by atoms with E-state index in [1.165, 1.54) is 16.7 Å². The summed E-state index contributed by atoms with van der Waals surface area (Å²) in [6.45, 7) is 7.85. The molecule has 0 aliphatic rings. The van der Waals surface area contributed by atoms with Crippen LogP contribution < -0.4 is 10.6 Å². The number of Topliss-reactive ketones (excluding diaryl/α,β-unsaturated/α-hetero) is 1. The Morgan fingerprint density at radius 2 is 1.70 bits per heavy atom. The van der Waals surface area contributed by atoms with Crippen LogP contribution >= 0.6 is 12.2 Å². The molecule has 2 N–H and O–H groups in total. The molecule has 0 amide bonds. The van der Waals surface area contributed by atoms with Gasteiger partial charge in [-0.15, -0.1) is 0 Å². The van der Waals surface area contributed by atoms with Gasteiger partial charge in [0.2, 0.25) is 0 Å². The Morgan fingerprint density at radius 3 is 2.26 bits per heavy atom. The van der Waals surface area contributed by atoms with Crippen LogP contribution in [0.15, 0.2) is 42.5 Å². The molecule has 0 saturated heterocycles. The van der Waals surface area contributed by atoms with Crippen molar-refractivity contribution in [2.24, 2.45) is 0 Å². The molecule has 1 atom stereocenters. The molecule has 0 spiro atoms. The minimum absolute atomic E-state index is 0.0561. The number of thiocarbonyl (C=S) groups is 1. The highest BCUT2D eigenvalue weighted by Gasteiger charge is 2.08. The number of nitrogens with one attached hydrogen (secondary N) is 2. The Morgan fingerprint density at radius 1 is 1.04 bits per heavy atom. The van der Waals surface area contributed by atoms with Crippen LogP contribution in [0.4, 0.5) is 5.69 Å². The molecule has 0 aliphatic heterocycles. The fraction of sp³-hybridized carbons (Fsp3) is 0.263. The number of ketones is 1. The number of carbonyl (C=O) groups excluding carboxylic acids is 1. The maximum Gasteiger partial charge on any atom is 0.171 e. The van der Waals surface area contributed by atoms with Crippen molar-refractivity contribution in [1.29, 1.82) is 0 Å². The van der Waals surface area contributed by atoms with Crippen molar-refractivity contribution in [1.82, 2.24) is 5.32 Å². The molecule has 0 heterocycles. The van der Waals surface area contributed by atoms with Crippen LogP contribution in [-0.4, -0.2) is 10.9 Å². The van der Waals surface area contributed by atoms with Gasteiger partial charge in [-0.05, 0) is 80.9 Å². The average Bonchev–Trinajstić information content (AvgIpc) is 2.50. The van der Waals surface area contributed by atoms with Crippen molar-refractivity contribution < 1.29 is 4.79 Å². The molecule has 0 aromatic heterocycles. The molecule has 23 heavy (non-hydrogen) atoms. The first-order chi connectivity index (χ1) is 10.9. The number of carbonyl (C=O) groups is 1. The molecule has 0 fully saturated rings. The summed E-state index contributed by atoms with van der Waals surface area (Å²) < 4.78 is 0. The van der Waals surface area contributed by atoms with E-state index >= 15 is 0 Å². The number of aryl methyl sites for hydroxylation is 2. The van der Waals surface area contributed by atoms with Crippen LogP contribution in [-0.2, 0) is 0 Å². The van der Waals surface area contributed by atoms with Gasteiger partial charge in [-0.3, -0.25) is 4.79 Å². The predicted octanol–water partition coefficient (Wildman–Crippen LogP) is 4.55. The Labute approximate surface area is 143 Å². The van der Waals surface area contributed by atoms with E-state index in [0.29, 0.717) is 10.7 Å². The Bertz CT molecular complexity index is 723. The molecule has 2 aromatic rings. The zero-order valence-electron chi connectivity index (χ0n) is 13.9. The standard InChI is InChI=1S/C19H22N2OS/c1-12-5-6-17(11-13(12)2)14(3)20-19(23)21-18-9-7-16(8-10-18)15(4)22/h5-11,14H,1-4H3,(H2,20,21,23)/t14-/m0/s1. The summed E-state index contributed by atoms with van der Waals surface area (Å²) in [5.74, 6) is 0.0561. The summed E-state index contributed by atoms with van der Waals surface area (Å²) in [7, 11) is 0. The third-order valence-electron chi connectivity index (χ3n) is 3.93. The summed E-state index contributed by atoms with van der Waals surface area (Å²) in [5.41, 5.74) is 5.31. The first kappa shape index (κ1) is 17.2. The van der Waals surface area contributed by atoms with Gasteiger partial charge in [0.1, 0.15) is 0 Å². The van der Waals surface area contributed by atoms with Crippen LogP contribution in [0.5, 0.6) is 0 Å². The van der Waals surface area contributed by atoms with Crippen molar-refractivity contribution in [3.8, 4) is 0 Å². The Balaban J connectivity index is 1.98. The fourth-order valence-electron chi connectivity index (χ4n) is 2.27. The van der Waals surface area contributed by atoms with Gasteiger partial charge in [-0.1, -0.05) is 18.2 Å². The van der Waals surface area contributed by atoms with Gasteiger partial charge in [0.05, 0.1) is 6.04 Å². The van der Waals surface area contributed by atoms with Crippen molar-refractivity contribution in [3.05, 3.63) is 64.7 Å². The average molecular weight is 326 g/mol. The number of anilines is 1. The molecule has 2 rings (SSSR count). The highest BCUT2D eigenvalue weighted by Crippen LogP contribution is 2.17. The van der Waals surface area contributed by atoms with E-state index < -0.39 is 0 Å². The largest absolute Gasteiger partial charge is 0.356 e. The molecule has 0 radical (unpaired) electrons. The van der Waals surface area contributed by atoms with Crippen molar-refractivity contribution in [2.45, 2.75) is 33.7 Å². The lowest BCUT2D eigenvalue weighted by Gasteiger charge is -2.18. The summed E-state index contributed by atoms with van der Waals surface area (Å²) in [4.78, 5) is 11.3. The molecular weight excluding hydrogens is 304 g/mol. The summed E-state index contributed by atoms with van der Waals surface area (Å²) in [5, 5.41) is 6.99. The van der Waals surface area contributed by atoms with Crippen molar-refractivity contribution in [2.75, 3.05) is 5.32 Å². The molecule has 0 saturated carbocycles. The quantitative estimate of drug-likeness (QED) is 0.639. The van der Waals surface area contributed by atoms with Gasteiger partial charge in [0, 0.05) is 11.3 Å². The number of hydrogen-bond donors (Lipinski definition) is 2. The normalized spacial score (nSPS) is 11.7. The van der Waals surface area contributed by atoms with E-state index in [1.54, 1.807) is 19.1 Å². The maximum absolute atomic E-state index is 11.3. The van der Waals surface area contributed by atoms with Crippen LogP contribution in [0.3, 0.4) is 0 Å². The third kappa shape index (κ3) is 4.63. The van der Waals surface area contributed by atoms with Gasteiger partial charge in [0.25, 0.3) is 0 Å². The highest BCUT2D eigenvalue weighted by molar-refractivity contribution is 7.80. The molecule has 2 aromatic carbocycles. The van der Waals surface area contributed by atoms with E-state index in [2.05, 4.69) is 49.6 Å². The van der Waals surface area contributed by atoms with Gasteiger partial charge >= 0.3 is 0 Å². The minimum atomic E-state index is 0.0561. The Kier molecular flexibility index (Phi) is 5.50. The molecule has 0 aliphatic carbocycles. The Hall–Kier alpha value is -2.20. The minimum Gasteiger partial charge on any atom is -0.356 e. The SMILES string of the molecule is CC(=O)c1ccc(NC(=S)N[C@@H](C)c2ccc(C)c(C)c2)cc1. The van der Waals surface area contributed by atoms with Crippen molar-refractivity contribution >= 4 is 28.8 Å². The van der Waals surface area contributed by atoms with Crippen LogP contribution in [0.1, 0.15) is 46.9 Å². The second-order valence-electron chi connectivity index (χ2n) is 5.80. The molecule has 120 valence electrons. The zero-order chi connectivity index (χ0) is 17.0. The van der Waals surface area contributed by atoms with Crippen LogP contribution in [0, 0.1) is 13.8 Å². The number of benzene rings is 2. The van der Waals surface area contributed by atoms with Gasteiger partial charge < -0.3 is 10.6 Å². The lowest BCUT2D eigenvalue weighted by Crippen LogP contribution is -2.30. The van der Waals surface area contributed by atoms with Crippen molar-refractivity contribution in [3.63, 3.8) is 0 Å². The maximum atomic E-state index is 11.3. The van der Waals surface area contributed by atoms with E-state index in [-0.39, 0.29) is 11.8 Å². The molecule has 3 nitrogen and oxygen atoms in total. The predicted molar refractivity (Wildman–Crippen MR) is 100 cm³/mol. The second-order valence-corrected chi connectivity index (χ2v) is 6.21. The van der Waals surface area contributed by atoms with Gasteiger partial charge in [0.15, 0.2) is 10.9 Å². The van der Waals surface area contributed by atoms with Crippen LogP contribution in [0.25, 0.3) is 0 Å². The van der Waals surface area contributed by atoms with Gasteiger partial charge in [-0.2, -0.15) is 0 Å². The molecule has 4 heteroatoms. The van der Waals surface area contributed by atoms with E-state index in [0.717, 1.165) is 5.69 Å².